The van der Waals surface area contributed by atoms with Gasteiger partial charge in [0.25, 0.3) is 0 Å². The Morgan fingerprint density at radius 2 is 1.78 bits per heavy atom. The molecule has 0 heterocycles. The quantitative estimate of drug-likeness (QED) is 0.868. The van der Waals surface area contributed by atoms with E-state index in [9.17, 15) is 9.18 Å². The Morgan fingerprint density at radius 3 is 2.35 bits per heavy atom. The number of anilines is 1. The minimum absolute atomic E-state index is 0.150. The molecule has 0 aliphatic heterocycles. The van der Waals surface area contributed by atoms with Gasteiger partial charge in [-0.3, -0.25) is 9.69 Å². The third kappa shape index (κ3) is 4.17. The third-order valence-corrected chi connectivity index (χ3v) is 3.98. The monoisotopic (exact) mass is 314 g/mol. The molecule has 1 unspecified atom stereocenters. The Bertz CT molecular complexity index is 654. The Labute approximate surface area is 137 Å². The van der Waals surface area contributed by atoms with Crippen molar-refractivity contribution in [3.05, 3.63) is 65.5 Å². The third-order valence-electron chi connectivity index (χ3n) is 3.98. The lowest BCUT2D eigenvalue weighted by Gasteiger charge is -2.29. The zero-order valence-corrected chi connectivity index (χ0v) is 13.8. The molecule has 0 saturated carbocycles. The smallest absolute Gasteiger partial charge is 0.246 e. The van der Waals surface area contributed by atoms with E-state index in [2.05, 4.69) is 10.2 Å². The highest BCUT2D eigenvalue weighted by atomic mass is 19.1. The van der Waals surface area contributed by atoms with Crippen LogP contribution in [0.2, 0.25) is 0 Å². The number of hydrogen-bond acceptors (Lipinski definition) is 2. The summed E-state index contributed by atoms with van der Waals surface area (Å²) in [4.78, 5) is 14.9. The number of carbonyl (C=O) groups is 1. The summed E-state index contributed by atoms with van der Waals surface area (Å²) in [5.74, 6) is -0.468. The minimum Gasteiger partial charge on any atom is -0.324 e. The van der Waals surface area contributed by atoms with Crippen LogP contribution in [0.1, 0.15) is 31.0 Å². The zero-order chi connectivity index (χ0) is 16.8. The van der Waals surface area contributed by atoms with E-state index in [1.54, 1.807) is 19.1 Å². The molecule has 3 nitrogen and oxygen atoms in total. The predicted octanol–water partition coefficient (Wildman–Crippen LogP) is 4.16. The van der Waals surface area contributed by atoms with Crippen molar-refractivity contribution in [3.8, 4) is 0 Å². The van der Waals surface area contributed by atoms with Gasteiger partial charge < -0.3 is 5.32 Å². The van der Waals surface area contributed by atoms with Crippen molar-refractivity contribution < 1.29 is 9.18 Å². The zero-order valence-electron chi connectivity index (χ0n) is 13.8. The molecule has 0 aromatic heterocycles. The van der Waals surface area contributed by atoms with Crippen molar-refractivity contribution in [1.29, 1.82) is 0 Å². The maximum atomic E-state index is 13.7. The van der Waals surface area contributed by atoms with Crippen molar-refractivity contribution in [2.75, 3.05) is 18.4 Å². The lowest BCUT2D eigenvalue weighted by Crippen LogP contribution is -2.37. The highest BCUT2D eigenvalue weighted by Gasteiger charge is 2.25. The summed E-state index contributed by atoms with van der Waals surface area (Å²) in [5, 5.41) is 2.84. The maximum absolute atomic E-state index is 13.7. The van der Waals surface area contributed by atoms with Crippen molar-refractivity contribution >= 4 is 11.6 Å². The molecule has 1 amide bonds. The van der Waals surface area contributed by atoms with E-state index in [1.807, 2.05) is 44.2 Å². The van der Waals surface area contributed by atoms with E-state index in [1.165, 1.54) is 6.07 Å². The van der Waals surface area contributed by atoms with E-state index in [4.69, 9.17) is 0 Å². The van der Waals surface area contributed by atoms with E-state index < -0.39 is 6.04 Å². The van der Waals surface area contributed by atoms with Crippen molar-refractivity contribution in [2.45, 2.75) is 26.8 Å². The summed E-state index contributed by atoms with van der Waals surface area (Å²) < 4.78 is 13.7. The van der Waals surface area contributed by atoms with Gasteiger partial charge >= 0.3 is 0 Å². The Kier molecular flexibility index (Phi) is 5.88. The fourth-order valence-corrected chi connectivity index (χ4v) is 2.63. The second-order valence-electron chi connectivity index (χ2n) is 5.49. The Morgan fingerprint density at radius 1 is 1.13 bits per heavy atom. The van der Waals surface area contributed by atoms with Gasteiger partial charge in [0.2, 0.25) is 5.91 Å². The first-order valence-corrected chi connectivity index (χ1v) is 7.92. The number of carbonyl (C=O) groups excluding carboxylic acids is 1. The molecule has 1 atom stereocenters. The largest absolute Gasteiger partial charge is 0.324 e. The van der Waals surface area contributed by atoms with Gasteiger partial charge in [0.1, 0.15) is 11.9 Å². The number of aryl methyl sites for hydroxylation is 1. The number of nitrogens with one attached hydrogen (secondary N) is 1. The van der Waals surface area contributed by atoms with Crippen molar-refractivity contribution in [1.82, 2.24) is 4.90 Å². The molecule has 0 aliphatic carbocycles. The van der Waals surface area contributed by atoms with E-state index >= 15 is 0 Å². The molecule has 1 N–H and O–H groups in total. The summed E-state index contributed by atoms with van der Waals surface area (Å²) in [5.41, 5.74) is 1.97. The van der Waals surface area contributed by atoms with E-state index in [0.717, 1.165) is 18.7 Å². The SMILES string of the molecule is CCN(CC)C(C(=O)Nc1ccc(C)c(F)c1)c1ccccc1. The summed E-state index contributed by atoms with van der Waals surface area (Å²) in [6.45, 7) is 7.26. The molecule has 2 rings (SSSR count). The molecule has 0 aliphatic rings. The lowest BCUT2D eigenvalue weighted by molar-refractivity contribution is -0.121. The van der Waals surface area contributed by atoms with Crippen LogP contribution in [0.25, 0.3) is 0 Å². The number of rotatable bonds is 6. The predicted molar refractivity (Wildman–Crippen MR) is 91.9 cm³/mol. The maximum Gasteiger partial charge on any atom is 0.246 e. The second-order valence-corrected chi connectivity index (χ2v) is 5.49. The van der Waals surface area contributed by atoms with Gasteiger partial charge in [0.05, 0.1) is 0 Å². The molecule has 0 spiro atoms. The topological polar surface area (TPSA) is 32.3 Å². The van der Waals surface area contributed by atoms with Crippen molar-refractivity contribution in [3.63, 3.8) is 0 Å². The van der Waals surface area contributed by atoms with Gasteiger partial charge in [-0.25, -0.2) is 4.39 Å². The molecule has 0 radical (unpaired) electrons. The first-order valence-electron chi connectivity index (χ1n) is 7.92. The van der Waals surface area contributed by atoms with Crippen LogP contribution in [0, 0.1) is 12.7 Å². The number of amides is 1. The average molecular weight is 314 g/mol. The minimum atomic E-state index is -0.393. The molecule has 4 heteroatoms. The van der Waals surface area contributed by atoms with Gasteiger partial charge in [0, 0.05) is 5.69 Å². The van der Waals surface area contributed by atoms with Gasteiger partial charge in [-0.2, -0.15) is 0 Å². The number of likely N-dealkylation sites (N-methyl/N-ethyl adjacent to an activating group) is 1. The van der Waals surface area contributed by atoms with Crippen LogP contribution in [-0.4, -0.2) is 23.9 Å². The van der Waals surface area contributed by atoms with Gasteiger partial charge in [-0.15, -0.1) is 0 Å². The highest BCUT2D eigenvalue weighted by molar-refractivity contribution is 5.95. The van der Waals surface area contributed by atoms with Crippen LogP contribution in [-0.2, 0) is 4.79 Å². The van der Waals surface area contributed by atoms with Crippen LogP contribution in [0.15, 0.2) is 48.5 Å². The number of benzene rings is 2. The molecule has 0 bridgehead atoms. The fraction of sp³-hybridized carbons (Fsp3) is 0.316. The van der Waals surface area contributed by atoms with Crippen LogP contribution >= 0.6 is 0 Å². The fourth-order valence-electron chi connectivity index (χ4n) is 2.63. The normalized spacial score (nSPS) is 12.2. The molecule has 2 aromatic rings. The number of hydrogen-bond donors (Lipinski definition) is 1. The average Bonchev–Trinajstić information content (AvgIpc) is 2.56. The van der Waals surface area contributed by atoms with Crippen molar-refractivity contribution in [2.24, 2.45) is 0 Å². The number of nitrogens with zero attached hydrogens (tertiary/aromatic N) is 1. The highest BCUT2D eigenvalue weighted by Crippen LogP contribution is 2.23. The first-order chi connectivity index (χ1) is 11.1. The molecular formula is C19H23FN2O. The van der Waals surface area contributed by atoms with Crippen LogP contribution < -0.4 is 5.32 Å². The molecular weight excluding hydrogens is 291 g/mol. The number of halogens is 1. The summed E-state index contributed by atoms with van der Waals surface area (Å²) >= 11 is 0. The van der Waals surface area contributed by atoms with E-state index in [-0.39, 0.29) is 11.7 Å². The van der Waals surface area contributed by atoms with Crippen LogP contribution in [0.4, 0.5) is 10.1 Å². The van der Waals surface area contributed by atoms with Gasteiger partial charge in [0.15, 0.2) is 0 Å². The molecule has 23 heavy (non-hydrogen) atoms. The van der Waals surface area contributed by atoms with Gasteiger partial charge in [-0.05, 0) is 43.3 Å². The van der Waals surface area contributed by atoms with Gasteiger partial charge in [-0.1, -0.05) is 50.2 Å². The summed E-state index contributed by atoms with van der Waals surface area (Å²) in [7, 11) is 0. The standard InChI is InChI=1S/C19H23FN2O/c1-4-22(5-2)18(15-9-7-6-8-10-15)19(23)21-16-12-11-14(3)17(20)13-16/h6-13,18H,4-5H2,1-3H3,(H,21,23). The van der Waals surface area contributed by atoms with Crippen LogP contribution in [0.3, 0.4) is 0 Å². The second kappa shape index (κ2) is 7.88. The molecule has 122 valence electrons. The summed E-state index contributed by atoms with van der Waals surface area (Å²) in [6, 6.07) is 14.0. The molecule has 2 aromatic carbocycles. The first kappa shape index (κ1) is 17.2. The molecule has 0 fully saturated rings. The Balaban J connectivity index is 2.27. The summed E-state index contributed by atoms with van der Waals surface area (Å²) in [6.07, 6.45) is 0. The lowest BCUT2D eigenvalue weighted by atomic mass is 10.0. The van der Waals surface area contributed by atoms with E-state index in [0.29, 0.717) is 11.3 Å². The molecule has 0 saturated heterocycles. The Hall–Kier alpha value is -2.20. The van der Waals surface area contributed by atoms with Crippen LogP contribution in [0.5, 0.6) is 0 Å².